The maximum absolute atomic E-state index is 6.01. The Morgan fingerprint density at radius 2 is 1.80 bits per heavy atom. The minimum atomic E-state index is 0.244. The van der Waals surface area contributed by atoms with Crippen LogP contribution in [0.2, 0.25) is 0 Å². The lowest BCUT2D eigenvalue weighted by atomic mass is 9.87. The first-order chi connectivity index (χ1) is 7.06. The standard InChI is InChI=1S/C13H30N2/c1-6-9-13(7-2,11-14)15(8-3)10-12(4)5/h12H,6-11,14H2,1-5H3. The number of hydrogen-bond donors (Lipinski definition) is 1. The molecule has 15 heavy (non-hydrogen) atoms. The molecule has 0 aromatic carbocycles. The first kappa shape index (κ1) is 14.9. The molecule has 92 valence electrons. The van der Waals surface area contributed by atoms with Crippen molar-refractivity contribution in [3.05, 3.63) is 0 Å². The van der Waals surface area contributed by atoms with E-state index < -0.39 is 0 Å². The first-order valence-corrected chi connectivity index (χ1v) is 6.51. The molecule has 0 amide bonds. The number of rotatable bonds is 8. The van der Waals surface area contributed by atoms with Crippen molar-refractivity contribution in [1.82, 2.24) is 4.90 Å². The molecule has 0 saturated heterocycles. The van der Waals surface area contributed by atoms with Crippen LogP contribution in [-0.2, 0) is 0 Å². The summed E-state index contributed by atoms with van der Waals surface area (Å²) in [6, 6.07) is 0. The van der Waals surface area contributed by atoms with Crippen molar-refractivity contribution in [2.75, 3.05) is 19.6 Å². The van der Waals surface area contributed by atoms with E-state index in [4.69, 9.17) is 5.73 Å². The van der Waals surface area contributed by atoms with Crippen molar-refractivity contribution in [3.63, 3.8) is 0 Å². The number of hydrogen-bond acceptors (Lipinski definition) is 2. The Bertz CT molecular complexity index is 151. The lowest BCUT2D eigenvalue weighted by Crippen LogP contribution is -2.54. The Labute approximate surface area is 96.2 Å². The van der Waals surface area contributed by atoms with Crippen LogP contribution in [0, 0.1) is 5.92 Å². The zero-order valence-electron chi connectivity index (χ0n) is 11.3. The van der Waals surface area contributed by atoms with E-state index in [-0.39, 0.29) is 5.54 Å². The van der Waals surface area contributed by atoms with Crippen LogP contribution < -0.4 is 5.73 Å². The van der Waals surface area contributed by atoms with Gasteiger partial charge in [0.2, 0.25) is 0 Å². The maximum atomic E-state index is 6.01. The Morgan fingerprint density at radius 3 is 2.07 bits per heavy atom. The van der Waals surface area contributed by atoms with Crippen molar-refractivity contribution in [2.24, 2.45) is 11.7 Å². The van der Waals surface area contributed by atoms with Gasteiger partial charge >= 0.3 is 0 Å². The van der Waals surface area contributed by atoms with Gasteiger partial charge in [0.1, 0.15) is 0 Å². The summed E-state index contributed by atoms with van der Waals surface area (Å²) < 4.78 is 0. The fraction of sp³-hybridized carbons (Fsp3) is 1.00. The van der Waals surface area contributed by atoms with Gasteiger partial charge in [-0.2, -0.15) is 0 Å². The summed E-state index contributed by atoms with van der Waals surface area (Å²) in [5, 5.41) is 0. The van der Waals surface area contributed by atoms with Crippen molar-refractivity contribution < 1.29 is 0 Å². The molecule has 0 aliphatic rings. The Balaban J connectivity index is 4.66. The zero-order chi connectivity index (χ0) is 11.9. The second kappa shape index (κ2) is 7.24. The SMILES string of the molecule is CCCC(CC)(CN)N(CC)CC(C)C. The van der Waals surface area contributed by atoms with Gasteiger partial charge in [-0.3, -0.25) is 4.90 Å². The van der Waals surface area contributed by atoms with E-state index >= 15 is 0 Å². The highest BCUT2D eigenvalue weighted by atomic mass is 15.2. The van der Waals surface area contributed by atoms with Crippen LogP contribution in [0.4, 0.5) is 0 Å². The van der Waals surface area contributed by atoms with Crippen LogP contribution in [0.1, 0.15) is 53.9 Å². The second-order valence-corrected chi connectivity index (χ2v) is 4.96. The topological polar surface area (TPSA) is 29.3 Å². The molecule has 0 bridgehead atoms. The normalized spacial score (nSPS) is 16.0. The fourth-order valence-electron chi connectivity index (χ4n) is 2.50. The second-order valence-electron chi connectivity index (χ2n) is 4.96. The average Bonchev–Trinajstić information content (AvgIpc) is 2.23. The molecule has 1 atom stereocenters. The smallest absolute Gasteiger partial charge is 0.0329 e. The summed E-state index contributed by atoms with van der Waals surface area (Å²) in [6.45, 7) is 14.4. The quantitative estimate of drug-likeness (QED) is 0.673. The molecule has 0 aromatic rings. The van der Waals surface area contributed by atoms with E-state index in [9.17, 15) is 0 Å². The Hall–Kier alpha value is -0.0800. The van der Waals surface area contributed by atoms with Gasteiger partial charge in [0.25, 0.3) is 0 Å². The molecule has 0 rings (SSSR count). The van der Waals surface area contributed by atoms with Gasteiger partial charge in [0.05, 0.1) is 0 Å². The molecule has 0 aromatic heterocycles. The maximum Gasteiger partial charge on any atom is 0.0329 e. The predicted octanol–water partition coefficient (Wildman–Crippen LogP) is 2.87. The third kappa shape index (κ3) is 4.12. The van der Waals surface area contributed by atoms with E-state index in [1.165, 1.54) is 19.4 Å². The van der Waals surface area contributed by atoms with Crippen molar-refractivity contribution in [3.8, 4) is 0 Å². The molecule has 2 heteroatoms. The van der Waals surface area contributed by atoms with Crippen LogP contribution in [0.25, 0.3) is 0 Å². The highest BCUT2D eigenvalue weighted by molar-refractivity contribution is 4.90. The lowest BCUT2D eigenvalue weighted by Gasteiger charge is -2.43. The molecule has 0 spiro atoms. The molecule has 0 radical (unpaired) electrons. The summed E-state index contributed by atoms with van der Waals surface area (Å²) in [5.74, 6) is 0.722. The summed E-state index contributed by atoms with van der Waals surface area (Å²) in [6.07, 6.45) is 3.61. The minimum absolute atomic E-state index is 0.244. The molecular weight excluding hydrogens is 184 g/mol. The molecule has 2 N–H and O–H groups in total. The highest BCUT2D eigenvalue weighted by Crippen LogP contribution is 2.25. The third-order valence-electron chi connectivity index (χ3n) is 3.39. The summed E-state index contributed by atoms with van der Waals surface area (Å²) in [5.41, 5.74) is 6.26. The van der Waals surface area contributed by atoms with Crippen LogP contribution in [-0.4, -0.2) is 30.1 Å². The van der Waals surface area contributed by atoms with E-state index in [2.05, 4.69) is 39.5 Å². The van der Waals surface area contributed by atoms with Gasteiger partial charge in [-0.05, 0) is 25.3 Å². The van der Waals surface area contributed by atoms with Gasteiger partial charge < -0.3 is 5.73 Å². The van der Waals surface area contributed by atoms with Gasteiger partial charge in [-0.1, -0.05) is 41.0 Å². The van der Waals surface area contributed by atoms with Gasteiger partial charge in [0.15, 0.2) is 0 Å². The van der Waals surface area contributed by atoms with Crippen LogP contribution >= 0.6 is 0 Å². The van der Waals surface area contributed by atoms with Crippen molar-refractivity contribution in [1.29, 1.82) is 0 Å². The molecule has 0 aliphatic carbocycles. The number of nitrogens with zero attached hydrogens (tertiary/aromatic N) is 1. The summed E-state index contributed by atoms with van der Waals surface area (Å²) >= 11 is 0. The zero-order valence-corrected chi connectivity index (χ0v) is 11.3. The Morgan fingerprint density at radius 1 is 1.20 bits per heavy atom. The summed E-state index contributed by atoms with van der Waals surface area (Å²) in [7, 11) is 0. The third-order valence-corrected chi connectivity index (χ3v) is 3.39. The lowest BCUT2D eigenvalue weighted by molar-refractivity contribution is 0.0730. The highest BCUT2D eigenvalue weighted by Gasteiger charge is 2.31. The van der Waals surface area contributed by atoms with E-state index in [0.717, 1.165) is 25.4 Å². The Kier molecular flexibility index (Phi) is 7.20. The molecule has 0 aliphatic heterocycles. The molecular formula is C13H30N2. The summed E-state index contributed by atoms with van der Waals surface area (Å²) in [4.78, 5) is 2.58. The van der Waals surface area contributed by atoms with Crippen molar-refractivity contribution in [2.45, 2.75) is 59.4 Å². The number of likely N-dealkylation sites (N-methyl/N-ethyl adjacent to an activating group) is 1. The molecule has 1 unspecified atom stereocenters. The first-order valence-electron chi connectivity index (χ1n) is 6.51. The average molecular weight is 214 g/mol. The van der Waals surface area contributed by atoms with E-state index in [1.807, 2.05) is 0 Å². The monoisotopic (exact) mass is 214 g/mol. The van der Waals surface area contributed by atoms with Crippen molar-refractivity contribution >= 4 is 0 Å². The van der Waals surface area contributed by atoms with Crippen LogP contribution in [0.3, 0.4) is 0 Å². The van der Waals surface area contributed by atoms with E-state index in [0.29, 0.717) is 0 Å². The van der Waals surface area contributed by atoms with Gasteiger partial charge in [0, 0.05) is 18.6 Å². The predicted molar refractivity (Wildman–Crippen MR) is 69.1 cm³/mol. The number of nitrogens with two attached hydrogens (primary N) is 1. The molecule has 0 saturated carbocycles. The fourth-order valence-corrected chi connectivity index (χ4v) is 2.50. The molecule has 0 heterocycles. The van der Waals surface area contributed by atoms with Crippen LogP contribution in [0.15, 0.2) is 0 Å². The molecule has 2 nitrogen and oxygen atoms in total. The van der Waals surface area contributed by atoms with Crippen LogP contribution in [0.5, 0.6) is 0 Å². The van der Waals surface area contributed by atoms with Gasteiger partial charge in [-0.25, -0.2) is 0 Å². The molecule has 0 fully saturated rings. The van der Waals surface area contributed by atoms with E-state index in [1.54, 1.807) is 0 Å². The largest absolute Gasteiger partial charge is 0.329 e. The minimum Gasteiger partial charge on any atom is -0.329 e. The van der Waals surface area contributed by atoms with Gasteiger partial charge in [-0.15, -0.1) is 0 Å².